The molecule has 0 aromatic rings. The van der Waals surface area contributed by atoms with E-state index >= 15 is 0 Å². The maximum Gasteiger partial charge on any atom is 0.397 e. The molecule has 0 aromatic heterocycles. The fourth-order valence-corrected chi connectivity index (χ4v) is 0.648. The Labute approximate surface area is 116 Å². The summed E-state index contributed by atoms with van der Waals surface area (Å²) in [7, 11) is -0.0631. The third kappa shape index (κ3) is 38.2. The van der Waals surface area contributed by atoms with Crippen LogP contribution in [0.2, 0.25) is 0 Å². The van der Waals surface area contributed by atoms with E-state index in [1.807, 2.05) is 0 Å². The molecule has 0 rings (SSSR count). The molecule has 0 saturated carbocycles. The van der Waals surface area contributed by atoms with Crippen molar-refractivity contribution in [3.8, 4) is 0 Å². The molecule has 0 aromatic carbocycles. The first-order valence-corrected chi connectivity index (χ1v) is 7.06. The standard InChI is InChI=1S/C5H8O2.C4H11N.C2H6O4S/c1-3-5(6)7-4-2;1-4-5(2)3;1-2-6-7(3,4)5/h3H,1,4H2,2H3;4H2,1-3H3;2H2,1H3,(H,3,4,5). The lowest BCUT2D eigenvalue weighted by atomic mass is 10.6. The molecule has 0 aliphatic carbocycles. The molecule has 19 heavy (non-hydrogen) atoms. The van der Waals surface area contributed by atoms with Gasteiger partial charge in [-0.2, -0.15) is 8.42 Å². The zero-order chi connectivity index (χ0) is 15.9. The molecule has 0 bridgehead atoms. The SMILES string of the molecule is C=CC(=O)OCC.CCN(C)C.CCOS(=O)(=O)O. The Bertz CT molecular complexity index is 313. The number of esters is 1. The second-order valence-corrected chi connectivity index (χ2v) is 4.28. The van der Waals surface area contributed by atoms with E-state index in [1.165, 1.54) is 6.92 Å². The van der Waals surface area contributed by atoms with Crippen LogP contribution in [0.25, 0.3) is 0 Å². The average Bonchev–Trinajstić information content (AvgIpc) is 2.29. The first kappa shape index (κ1) is 23.2. The molecule has 8 heteroatoms. The quantitative estimate of drug-likeness (QED) is 0.462. The third-order valence-corrected chi connectivity index (χ3v) is 1.89. The molecule has 0 aliphatic rings. The first-order chi connectivity index (χ1) is 8.64. The minimum atomic E-state index is -4.17. The molecule has 0 atom stereocenters. The van der Waals surface area contributed by atoms with Gasteiger partial charge in [0.05, 0.1) is 13.2 Å². The van der Waals surface area contributed by atoms with E-state index in [0.717, 1.165) is 12.6 Å². The lowest BCUT2D eigenvalue weighted by Crippen LogP contribution is -2.08. The van der Waals surface area contributed by atoms with Crippen LogP contribution in [0.15, 0.2) is 12.7 Å². The summed E-state index contributed by atoms with van der Waals surface area (Å²) in [5.41, 5.74) is 0. The second kappa shape index (κ2) is 15.1. The molecular weight excluding hydrogens is 274 g/mol. The van der Waals surface area contributed by atoms with Crippen LogP contribution in [0.5, 0.6) is 0 Å². The van der Waals surface area contributed by atoms with Crippen molar-refractivity contribution in [2.75, 3.05) is 33.9 Å². The minimum Gasteiger partial charge on any atom is -0.463 e. The fourth-order valence-electron chi connectivity index (χ4n) is 0.350. The van der Waals surface area contributed by atoms with Gasteiger partial charge >= 0.3 is 16.4 Å². The van der Waals surface area contributed by atoms with Crippen molar-refractivity contribution in [2.24, 2.45) is 0 Å². The Kier molecular flexibility index (Phi) is 18.4. The number of ether oxygens (including phenoxy) is 1. The number of hydrogen-bond donors (Lipinski definition) is 1. The van der Waals surface area contributed by atoms with Gasteiger partial charge < -0.3 is 9.64 Å². The summed E-state index contributed by atoms with van der Waals surface area (Å²) < 4.78 is 35.1. The molecule has 116 valence electrons. The summed E-state index contributed by atoms with van der Waals surface area (Å²) in [6.45, 7) is 10.1. The molecule has 1 N–H and O–H groups in total. The van der Waals surface area contributed by atoms with E-state index < -0.39 is 10.4 Å². The Hall–Kier alpha value is -0.960. The van der Waals surface area contributed by atoms with Gasteiger partial charge in [-0.25, -0.2) is 8.98 Å². The van der Waals surface area contributed by atoms with Crippen LogP contribution in [0.4, 0.5) is 0 Å². The van der Waals surface area contributed by atoms with Crippen LogP contribution in [0, 0.1) is 0 Å². The van der Waals surface area contributed by atoms with Crippen LogP contribution in [0.3, 0.4) is 0 Å². The molecule has 0 saturated heterocycles. The van der Waals surface area contributed by atoms with Crippen molar-refractivity contribution in [3.63, 3.8) is 0 Å². The van der Waals surface area contributed by atoms with E-state index in [1.54, 1.807) is 6.92 Å². The highest BCUT2D eigenvalue weighted by atomic mass is 32.3. The number of carbonyl (C=O) groups excluding carboxylic acids is 1. The summed E-state index contributed by atoms with van der Waals surface area (Å²) in [5, 5.41) is 0. The maximum absolute atomic E-state index is 10.1. The number of hydrogen-bond acceptors (Lipinski definition) is 6. The van der Waals surface area contributed by atoms with Gasteiger partial charge in [0, 0.05) is 6.08 Å². The molecule has 0 aliphatic heterocycles. The third-order valence-electron chi connectivity index (χ3n) is 1.35. The Balaban J connectivity index is -0.000000206. The van der Waals surface area contributed by atoms with Gasteiger partial charge in [-0.05, 0) is 34.5 Å². The van der Waals surface area contributed by atoms with Gasteiger partial charge in [-0.3, -0.25) is 4.55 Å². The van der Waals surface area contributed by atoms with Gasteiger partial charge in [0.1, 0.15) is 0 Å². The zero-order valence-corrected chi connectivity index (χ0v) is 13.1. The van der Waals surface area contributed by atoms with Crippen molar-refractivity contribution < 1.29 is 26.7 Å². The topological polar surface area (TPSA) is 93.1 Å². The molecule has 7 nitrogen and oxygen atoms in total. The highest BCUT2D eigenvalue weighted by Gasteiger charge is 1.98. The zero-order valence-electron chi connectivity index (χ0n) is 12.2. The van der Waals surface area contributed by atoms with Crippen LogP contribution in [-0.4, -0.2) is 57.7 Å². The summed E-state index contributed by atoms with van der Waals surface area (Å²) in [4.78, 5) is 12.2. The van der Waals surface area contributed by atoms with Crippen molar-refractivity contribution in [2.45, 2.75) is 20.8 Å². The summed E-state index contributed by atoms with van der Waals surface area (Å²) in [6, 6.07) is 0. The van der Waals surface area contributed by atoms with Crippen molar-refractivity contribution >= 4 is 16.4 Å². The lowest BCUT2D eigenvalue weighted by Gasteiger charge is -2.00. The maximum atomic E-state index is 10.1. The largest absolute Gasteiger partial charge is 0.463 e. The Morgan fingerprint density at radius 3 is 1.74 bits per heavy atom. The van der Waals surface area contributed by atoms with Gasteiger partial charge in [0.15, 0.2) is 0 Å². The van der Waals surface area contributed by atoms with E-state index in [0.29, 0.717) is 6.61 Å². The number of carbonyl (C=O) groups is 1. The molecule has 0 amide bonds. The van der Waals surface area contributed by atoms with Crippen LogP contribution >= 0.6 is 0 Å². The normalized spacial score (nSPS) is 9.63. The summed E-state index contributed by atoms with van der Waals surface area (Å²) in [6.07, 6.45) is 1.14. The van der Waals surface area contributed by atoms with Gasteiger partial charge in [-0.1, -0.05) is 13.5 Å². The molecule has 0 unspecified atom stereocenters. The highest BCUT2D eigenvalue weighted by molar-refractivity contribution is 7.80. The molecule has 0 spiro atoms. The monoisotopic (exact) mass is 299 g/mol. The highest BCUT2D eigenvalue weighted by Crippen LogP contribution is 1.81. The number of rotatable bonds is 5. The van der Waals surface area contributed by atoms with Gasteiger partial charge in [-0.15, -0.1) is 0 Å². The van der Waals surface area contributed by atoms with Crippen LogP contribution in [-0.2, 0) is 24.1 Å². The predicted molar refractivity (Wildman–Crippen MR) is 74.2 cm³/mol. The fraction of sp³-hybridized carbons (Fsp3) is 0.727. The molecule has 0 heterocycles. The Morgan fingerprint density at radius 2 is 1.68 bits per heavy atom. The van der Waals surface area contributed by atoms with E-state index in [4.69, 9.17) is 4.55 Å². The predicted octanol–water partition coefficient (Wildman–Crippen LogP) is 1.13. The van der Waals surface area contributed by atoms with E-state index in [2.05, 4.69) is 41.4 Å². The van der Waals surface area contributed by atoms with Crippen LogP contribution in [0.1, 0.15) is 20.8 Å². The van der Waals surface area contributed by atoms with Crippen molar-refractivity contribution in [3.05, 3.63) is 12.7 Å². The van der Waals surface area contributed by atoms with Crippen molar-refractivity contribution in [1.29, 1.82) is 0 Å². The van der Waals surface area contributed by atoms with Gasteiger partial charge in [0.25, 0.3) is 0 Å². The lowest BCUT2D eigenvalue weighted by molar-refractivity contribution is -0.137. The molecule has 0 radical (unpaired) electrons. The van der Waals surface area contributed by atoms with Gasteiger partial charge in [0.2, 0.25) is 0 Å². The average molecular weight is 299 g/mol. The smallest absolute Gasteiger partial charge is 0.397 e. The molecular formula is C11H25NO6S. The first-order valence-electron chi connectivity index (χ1n) is 5.70. The summed E-state index contributed by atoms with van der Waals surface area (Å²) in [5.74, 6) is -0.359. The minimum absolute atomic E-state index is 0.0289. The van der Waals surface area contributed by atoms with E-state index in [-0.39, 0.29) is 12.6 Å². The summed E-state index contributed by atoms with van der Waals surface area (Å²) >= 11 is 0. The van der Waals surface area contributed by atoms with E-state index in [9.17, 15) is 13.2 Å². The second-order valence-electron chi connectivity index (χ2n) is 3.19. The molecule has 0 fully saturated rings. The van der Waals surface area contributed by atoms with Crippen LogP contribution < -0.4 is 0 Å². The Morgan fingerprint density at radius 1 is 1.26 bits per heavy atom. The van der Waals surface area contributed by atoms with Crippen molar-refractivity contribution in [1.82, 2.24) is 4.90 Å². The number of nitrogens with zero attached hydrogens (tertiary/aromatic N) is 1.